The average molecular weight is 399 g/mol. The van der Waals surface area contributed by atoms with Gasteiger partial charge in [-0.1, -0.05) is 0 Å². The predicted octanol–water partition coefficient (Wildman–Crippen LogP) is 3.24. The van der Waals surface area contributed by atoms with Gasteiger partial charge in [0.15, 0.2) is 5.65 Å². The van der Waals surface area contributed by atoms with Gasteiger partial charge in [-0.15, -0.1) is 0 Å². The third-order valence-corrected chi connectivity index (χ3v) is 5.51. The summed E-state index contributed by atoms with van der Waals surface area (Å²) < 4.78 is 1.64. The summed E-state index contributed by atoms with van der Waals surface area (Å²) in [6.45, 7) is 0. The van der Waals surface area contributed by atoms with Gasteiger partial charge in [0.2, 0.25) is 0 Å². The largest absolute Gasteiger partial charge is 0.367 e. The van der Waals surface area contributed by atoms with Crippen molar-refractivity contribution in [2.75, 3.05) is 5.32 Å². The first-order valence-electron chi connectivity index (χ1n) is 10.1. The van der Waals surface area contributed by atoms with Crippen LogP contribution >= 0.6 is 0 Å². The molecule has 0 aliphatic heterocycles. The number of fused-ring (bicyclic) bond motifs is 1. The molecule has 5 rings (SSSR count). The molecule has 4 aromatic heterocycles. The molecule has 0 atom stereocenters. The highest BCUT2D eigenvalue weighted by Gasteiger charge is 2.24. The Morgan fingerprint density at radius 1 is 0.933 bits per heavy atom. The second-order valence-corrected chi connectivity index (χ2v) is 7.49. The summed E-state index contributed by atoms with van der Waals surface area (Å²) in [4.78, 5) is 29.7. The minimum absolute atomic E-state index is 0.0613. The number of pyridine rings is 2. The molecule has 4 aromatic rings. The van der Waals surface area contributed by atoms with Gasteiger partial charge in [-0.05, 0) is 56.0 Å². The SMILES string of the molecule is O=c1ccc(-c2cccnc2)nn1C1CCC(Nc2ccc3nccnc3n2)CC1. The minimum atomic E-state index is -0.0613. The predicted molar refractivity (Wildman–Crippen MR) is 114 cm³/mol. The number of aromatic nitrogens is 6. The molecule has 1 saturated carbocycles. The van der Waals surface area contributed by atoms with E-state index >= 15 is 0 Å². The van der Waals surface area contributed by atoms with Crippen molar-refractivity contribution in [1.82, 2.24) is 29.7 Å². The van der Waals surface area contributed by atoms with E-state index in [1.165, 1.54) is 0 Å². The van der Waals surface area contributed by atoms with Crippen molar-refractivity contribution >= 4 is 17.0 Å². The molecule has 0 spiro atoms. The summed E-state index contributed by atoms with van der Waals surface area (Å²) in [5, 5.41) is 8.13. The second-order valence-electron chi connectivity index (χ2n) is 7.49. The van der Waals surface area contributed by atoms with E-state index in [-0.39, 0.29) is 11.6 Å². The molecule has 8 heteroatoms. The maximum absolute atomic E-state index is 12.4. The van der Waals surface area contributed by atoms with E-state index in [9.17, 15) is 4.79 Å². The Hall–Kier alpha value is -3.68. The lowest BCUT2D eigenvalue weighted by Crippen LogP contribution is -2.33. The molecular formula is C22H21N7O. The van der Waals surface area contributed by atoms with Crippen LogP contribution in [0.5, 0.6) is 0 Å². The summed E-state index contributed by atoms with van der Waals surface area (Å²) in [6.07, 6.45) is 10.4. The highest BCUT2D eigenvalue weighted by molar-refractivity contribution is 5.71. The molecule has 4 heterocycles. The van der Waals surface area contributed by atoms with Crippen LogP contribution in [0.15, 0.2) is 66.0 Å². The number of hydrogen-bond donors (Lipinski definition) is 1. The summed E-state index contributed by atoms with van der Waals surface area (Å²) in [7, 11) is 0. The first-order chi connectivity index (χ1) is 14.8. The molecule has 1 aliphatic carbocycles. The van der Waals surface area contributed by atoms with E-state index in [0.29, 0.717) is 11.7 Å². The fourth-order valence-corrected chi connectivity index (χ4v) is 3.96. The lowest BCUT2D eigenvalue weighted by atomic mass is 9.91. The highest BCUT2D eigenvalue weighted by Crippen LogP contribution is 2.29. The molecule has 0 aromatic carbocycles. The number of hydrogen-bond acceptors (Lipinski definition) is 7. The lowest BCUT2D eigenvalue weighted by Gasteiger charge is -2.30. The van der Waals surface area contributed by atoms with Crippen molar-refractivity contribution in [3.05, 3.63) is 71.5 Å². The number of nitrogens with one attached hydrogen (secondary N) is 1. The Bertz CT molecular complexity index is 1220. The Labute approximate surface area is 173 Å². The van der Waals surface area contributed by atoms with Crippen LogP contribution in [-0.4, -0.2) is 35.8 Å². The molecule has 1 N–H and O–H groups in total. The van der Waals surface area contributed by atoms with Crippen LogP contribution in [0.25, 0.3) is 22.4 Å². The summed E-state index contributed by atoms with van der Waals surface area (Å²) >= 11 is 0. The average Bonchev–Trinajstić information content (AvgIpc) is 2.80. The fourth-order valence-electron chi connectivity index (χ4n) is 3.96. The Morgan fingerprint density at radius 3 is 2.63 bits per heavy atom. The summed E-state index contributed by atoms with van der Waals surface area (Å²) in [5.41, 5.74) is 3.04. The van der Waals surface area contributed by atoms with Crippen LogP contribution < -0.4 is 10.9 Å². The molecule has 1 fully saturated rings. The molecule has 8 nitrogen and oxygen atoms in total. The first kappa shape index (κ1) is 18.4. The number of nitrogens with zero attached hydrogens (tertiary/aromatic N) is 6. The van der Waals surface area contributed by atoms with Gasteiger partial charge >= 0.3 is 0 Å². The quantitative estimate of drug-likeness (QED) is 0.562. The van der Waals surface area contributed by atoms with Crippen LogP contribution in [0.1, 0.15) is 31.7 Å². The standard InChI is InChI=1S/C22H21N7O/c30-21-10-8-18(15-2-1-11-23-14-15)28-29(21)17-5-3-16(4-6-17)26-20-9-7-19-22(27-20)25-13-12-24-19/h1-2,7-14,16-17H,3-6H2,(H,25,26,27). The monoisotopic (exact) mass is 399 g/mol. The smallest absolute Gasteiger partial charge is 0.267 e. The molecule has 0 radical (unpaired) electrons. The van der Waals surface area contributed by atoms with Crippen molar-refractivity contribution in [2.45, 2.75) is 37.8 Å². The summed E-state index contributed by atoms with van der Waals surface area (Å²) in [5.74, 6) is 0.806. The van der Waals surface area contributed by atoms with Crippen molar-refractivity contribution in [1.29, 1.82) is 0 Å². The van der Waals surface area contributed by atoms with Gasteiger partial charge in [-0.2, -0.15) is 5.10 Å². The number of rotatable bonds is 4. The van der Waals surface area contributed by atoms with Gasteiger partial charge in [0.05, 0.1) is 11.7 Å². The second kappa shape index (κ2) is 7.98. The normalized spacial score (nSPS) is 18.9. The molecule has 0 saturated heterocycles. The van der Waals surface area contributed by atoms with E-state index in [2.05, 4.69) is 30.4 Å². The Morgan fingerprint density at radius 2 is 1.80 bits per heavy atom. The zero-order chi connectivity index (χ0) is 20.3. The third kappa shape index (κ3) is 3.76. The maximum atomic E-state index is 12.4. The van der Waals surface area contributed by atoms with Crippen molar-refractivity contribution in [3.63, 3.8) is 0 Å². The topological polar surface area (TPSA) is 98.5 Å². The van der Waals surface area contributed by atoms with E-state index in [0.717, 1.165) is 48.3 Å². The van der Waals surface area contributed by atoms with Crippen LogP contribution in [-0.2, 0) is 0 Å². The van der Waals surface area contributed by atoms with Gasteiger partial charge in [0.1, 0.15) is 11.3 Å². The van der Waals surface area contributed by atoms with Crippen molar-refractivity contribution < 1.29 is 0 Å². The van der Waals surface area contributed by atoms with Gasteiger partial charge in [0, 0.05) is 42.5 Å². The zero-order valence-electron chi connectivity index (χ0n) is 16.3. The lowest BCUT2D eigenvalue weighted by molar-refractivity contribution is 0.304. The van der Waals surface area contributed by atoms with Crippen molar-refractivity contribution in [3.8, 4) is 11.3 Å². The van der Waals surface area contributed by atoms with Crippen LogP contribution in [0.4, 0.5) is 5.82 Å². The van der Waals surface area contributed by atoms with E-state index in [4.69, 9.17) is 0 Å². The van der Waals surface area contributed by atoms with Gasteiger partial charge < -0.3 is 5.32 Å². The highest BCUT2D eigenvalue weighted by atomic mass is 16.1. The molecule has 150 valence electrons. The molecule has 0 unspecified atom stereocenters. The molecule has 0 bridgehead atoms. The Kier molecular flexibility index (Phi) is 4.88. The van der Waals surface area contributed by atoms with E-state index in [1.54, 1.807) is 41.6 Å². The van der Waals surface area contributed by atoms with Gasteiger partial charge in [-0.3, -0.25) is 14.8 Å². The fraction of sp³-hybridized carbons (Fsp3) is 0.273. The van der Waals surface area contributed by atoms with E-state index in [1.807, 2.05) is 24.3 Å². The zero-order valence-corrected chi connectivity index (χ0v) is 16.3. The van der Waals surface area contributed by atoms with Gasteiger partial charge in [0.25, 0.3) is 5.56 Å². The molecular weight excluding hydrogens is 378 g/mol. The molecule has 0 amide bonds. The van der Waals surface area contributed by atoms with Crippen LogP contribution in [0, 0.1) is 0 Å². The third-order valence-electron chi connectivity index (χ3n) is 5.51. The first-order valence-corrected chi connectivity index (χ1v) is 10.1. The van der Waals surface area contributed by atoms with Crippen LogP contribution in [0.2, 0.25) is 0 Å². The van der Waals surface area contributed by atoms with Gasteiger partial charge in [-0.25, -0.2) is 14.6 Å². The van der Waals surface area contributed by atoms with Crippen molar-refractivity contribution in [2.24, 2.45) is 0 Å². The number of anilines is 1. The minimum Gasteiger partial charge on any atom is -0.367 e. The molecule has 1 aliphatic rings. The van der Waals surface area contributed by atoms with E-state index < -0.39 is 0 Å². The molecule has 30 heavy (non-hydrogen) atoms. The Balaban J connectivity index is 1.28. The summed E-state index contributed by atoms with van der Waals surface area (Å²) in [6, 6.07) is 11.4. The van der Waals surface area contributed by atoms with Crippen LogP contribution in [0.3, 0.4) is 0 Å². The maximum Gasteiger partial charge on any atom is 0.267 e.